The largest absolute Gasteiger partial charge is 0.372 e. The molecule has 4 aromatic carbocycles. The van der Waals surface area contributed by atoms with Crippen molar-refractivity contribution in [2.45, 2.75) is 12.0 Å². The number of aromatic nitrogens is 2. The maximum Gasteiger partial charge on any atom is 0.265 e. The van der Waals surface area contributed by atoms with E-state index in [2.05, 4.69) is 15.5 Å². The van der Waals surface area contributed by atoms with Gasteiger partial charge in [0, 0.05) is 28.8 Å². The van der Waals surface area contributed by atoms with E-state index in [1.54, 1.807) is 30.3 Å². The van der Waals surface area contributed by atoms with Gasteiger partial charge in [-0.25, -0.2) is 4.39 Å². The minimum atomic E-state index is -2.00. The van der Waals surface area contributed by atoms with Gasteiger partial charge in [-0.05, 0) is 41.0 Å². The third-order valence-corrected chi connectivity index (χ3v) is 6.70. The second-order valence-electron chi connectivity index (χ2n) is 8.88. The van der Waals surface area contributed by atoms with E-state index in [0.717, 1.165) is 33.6 Å². The molecule has 0 saturated heterocycles. The van der Waals surface area contributed by atoms with E-state index in [1.165, 1.54) is 24.3 Å². The van der Waals surface area contributed by atoms with Gasteiger partial charge in [-0.2, -0.15) is 5.10 Å². The smallest absolute Gasteiger partial charge is 0.265 e. The molecule has 1 heterocycles. The van der Waals surface area contributed by atoms with Crippen LogP contribution in [0.1, 0.15) is 22.3 Å². The summed E-state index contributed by atoms with van der Waals surface area (Å²) in [6.07, 6.45) is 0.677. The maximum atomic E-state index is 13.6. The molecule has 176 valence electrons. The molecule has 6 rings (SSSR count). The highest BCUT2D eigenvalue weighted by Crippen LogP contribution is 2.41. The fourth-order valence-electron chi connectivity index (χ4n) is 4.87. The molecular formula is C30H22FN3O2. The standard InChI is InChI=1S/C30H22FN3O2/c31-23-13-11-22(12-14-23)30(36,21-9-5-2-6-10-21)29(35)32-24-15-16-25-20(17-24)18-26-27(33-34-28(25)26)19-7-3-1-4-8-19/h1-17,36H,18H2,(H,32,35)(H,33,34). The Balaban J connectivity index is 1.32. The molecule has 0 saturated carbocycles. The van der Waals surface area contributed by atoms with Crippen molar-refractivity contribution in [2.75, 3.05) is 5.32 Å². The Labute approximate surface area is 207 Å². The number of H-pyrrole nitrogens is 1. The predicted octanol–water partition coefficient (Wildman–Crippen LogP) is 5.66. The number of nitrogens with one attached hydrogen (secondary N) is 2. The number of fused-ring (bicyclic) bond motifs is 3. The first kappa shape index (κ1) is 21.9. The number of carbonyl (C=O) groups is 1. The van der Waals surface area contributed by atoms with Gasteiger partial charge in [-0.15, -0.1) is 0 Å². The van der Waals surface area contributed by atoms with Crippen LogP contribution in [0, 0.1) is 5.82 Å². The highest BCUT2D eigenvalue weighted by Gasteiger charge is 2.40. The summed E-state index contributed by atoms with van der Waals surface area (Å²) in [5, 5.41) is 22.3. The number of hydrogen-bond donors (Lipinski definition) is 3. The predicted molar refractivity (Wildman–Crippen MR) is 137 cm³/mol. The van der Waals surface area contributed by atoms with Gasteiger partial charge in [-0.3, -0.25) is 9.89 Å². The molecule has 5 nitrogen and oxygen atoms in total. The van der Waals surface area contributed by atoms with Crippen molar-refractivity contribution >= 4 is 11.6 Å². The molecule has 36 heavy (non-hydrogen) atoms. The van der Waals surface area contributed by atoms with Crippen LogP contribution >= 0.6 is 0 Å². The lowest BCUT2D eigenvalue weighted by atomic mass is 9.85. The lowest BCUT2D eigenvalue weighted by Crippen LogP contribution is -2.41. The minimum absolute atomic E-state index is 0.280. The van der Waals surface area contributed by atoms with Crippen LogP contribution in [0.2, 0.25) is 0 Å². The summed E-state index contributed by atoms with van der Waals surface area (Å²) in [6, 6.07) is 29.7. The SMILES string of the molecule is O=C(Nc1ccc2c(c1)Cc1c(-c3ccccc3)n[nH]c1-2)C(O)(c1ccccc1)c1ccc(F)cc1. The number of nitrogens with zero attached hydrogens (tertiary/aromatic N) is 1. The van der Waals surface area contributed by atoms with Gasteiger partial charge < -0.3 is 10.4 Å². The van der Waals surface area contributed by atoms with Gasteiger partial charge in [0.1, 0.15) is 5.82 Å². The lowest BCUT2D eigenvalue weighted by molar-refractivity contribution is -0.131. The zero-order valence-electron chi connectivity index (χ0n) is 19.2. The summed E-state index contributed by atoms with van der Waals surface area (Å²) >= 11 is 0. The van der Waals surface area contributed by atoms with Crippen LogP contribution in [0.15, 0.2) is 103 Å². The van der Waals surface area contributed by atoms with Crippen LogP contribution in [0.4, 0.5) is 10.1 Å². The Bertz CT molecular complexity index is 1560. The molecule has 0 spiro atoms. The van der Waals surface area contributed by atoms with E-state index >= 15 is 0 Å². The average molecular weight is 476 g/mol. The number of benzene rings is 4. The first-order valence-corrected chi connectivity index (χ1v) is 11.7. The molecular weight excluding hydrogens is 453 g/mol. The number of rotatable bonds is 5. The van der Waals surface area contributed by atoms with E-state index in [1.807, 2.05) is 48.5 Å². The minimum Gasteiger partial charge on any atom is -0.372 e. The molecule has 0 aliphatic heterocycles. The van der Waals surface area contributed by atoms with E-state index < -0.39 is 17.3 Å². The van der Waals surface area contributed by atoms with E-state index in [-0.39, 0.29) is 5.56 Å². The molecule has 1 atom stereocenters. The fourth-order valence-corrected chi connectivity index (χ4v) is 4.87. The molecule has 1 aromatic heterocycles. The van der Waals surface area contributed by atoms with E-state index in [0.29, 0.717) is 17.7 Å². The molecule has 3 N–H and O–H groups in total. The summed E-state index contributed by atoms with van der Waals surface area (Å²) < 4.78 is 13.6. The number of halogens is 1. The number of aliphatic hydroxyl groups is 1. The number of hydrogen-bond acceptors (Lipinski definition) is 3. The second kappa shape index (κ2) is 8.59. The van der Waals surface area contributed by atoms with Crippen molar-refractivity contribution in [2.24, 2.45) is 0 Å². The molecule has 5 aromatic rings. The second-order valence-corrected chi connectivity index (χ2v) is 8.88. The third kappa shape index (κ3) is 3.59. The van der Waals surface area contributed by atoms with Crippen molar-refractivity contribution < 1.29 is 14.3 Å². The average Bonchev–Trinajstić information content (AvgIpc) is 3.48. The van der Waals surface area contributed by atoms with Crippen LogP contribution in [0.5, 0.6) is 0 Å². The number of carbonyl (C=O) groups excluding carboxylic acids is 1. The van der Waals surface area contributed by atoms with E-state index in [4.69, 9.17) is 0 Å². The van der Waals surface area contributed by atoms with Crippen LogP contribution in [0.3, 0.4) is 0 Å². The number of anilines is 1. The fraction of sp³-hybridized carbons (Fsp3) is 0.0667. The molecule has 0 bridgehead atoms. The molecule has 6 heteroatoms. The first-order valence-electron chi connectivity index (χ1n) is 11.7. The Hall–Kier alpha value is -4.55. The van der Waals surface area contributed by atoms with Gasteiger partial charge in [0.05, 0.1) is 11.4 Å². The zero-order valence-corrected chi connectivity index (χ0v) is 19.2. The van der Waals surface area contributed by atoms with Crippen molar-refractivity contribution in [1.82, 2.24) is 10.2 Å². The highest BCUT2D eigenvalue weighted by atomic mass is 19.1. The van der Waals surface area contributed by atoms with Gasteiger partial charge >= 0.3 is 0 Å². The normalized spacial score (nSPS) is 13.5. The summed E-state index contributed by atoms with van der Waals surface area (Å²) in [4.78, 5) is 13.6. The summed E-state index contributed by atoms with van der Waals surface area (Å²) in [5.41, 5.74) is 5.39. The first-order chi connectivity index (χ1) is 17.5. The molecule has 1 unspecified atom stereocenters. The third-order valence-electron chi connectivity index (χ3n) is 6.70. The number of amides is 1. The molecule has 1 aliphatic rings. The Kier molecular flexibility index (Phi) is 5.24. The Morgan fingerprint density at radius 1 is 0.889 bits per heavy atom. The van der Waals surface area contributed by atoms with Gasteiger partial charge in [-0.1, -0.05) is 78.9 Å². The topological polar surface area (TPSA) is 78.0 Å². The monoisotopic (exact) mass is 475 g/mol. The van der Waals surface area contributed by atoms with Crippen LogP contribution in [-0.2, 0) is 16.8 Å². The van der Waals surface area contributed by atoms with Crippen molar-refractivity contribution in [3.8, 4) is 22.5 Å². The number of aromatic amines is 1. The summed E-state index contributed by atoms with van der Waals surface area (Å²) in [5.74, 6) is -1.07. The zero-order chi connectivity index (χ0) is 24.7. The molecule has 1 aliphatic carbocycles. The van der Waals surface area contributed by atoms with Crippen LogP contribution in [0.25, 0.3) is 22.5 Å². The Morgan fingerprint density at radius 3 is 2.28 bits per heavy atom. The van der Waals surface area contributed by atoms with Gasteiger partial charge in [0.2, 0.25) is 0 Å². The molecule has 0 fully saturated rings. The van der Waals surface area contributed by atoms with Crippen LogP contribution in [-0.4, -0.2) is 21.2 Å². The van der Waals surface area contributed by atoms with Gasteiger partial charge in [0.15, 0.2) is 5.60 Å². The van der Waals surface area contributed by atoms with Crippen molar-refractivity contribution in [3.63, 3.8) is 0 Å². The highest BCUT2D eigenvalue weighted by molar-refractivity contribution is 6.00. The van der Waals surface area contributed by atoms with E-state index in [9.17, 15) is 14.3 Å². The summed E-state index contributed by atoms with van der Waals surface area (Å²) in [7, 11) is 0. The van der Waals surface area contributed by atoms with Crippen molar-refractivity contribution in [3.05, 3.63) is 131 Å². The van der Waals surface area contributed by atoms with Gasteiger partial charge in [0.25, 0.3) is 5.91 Å². The Morgan fingerprint density at radius 2 is 1.56 bits per heavy atom. The quantitative estimate of drug-likeness (QED) is 0.301. The van der Waals surface area contributed by atoms with Crippen LogP contribution < -0.4 is 5.32 Å². The lowest BCUT2D eigenvalue weighted by Gasteiger charge is -2.28. The van der Waals surface area contributed by atoms with Crippen molar-refractivity contribution in [1.29, 1.82) is 0 Å². The maximum absolute atomic E-state index is 13.6. The molecule has 0 radical (unpaired) electrons. The molecule has 1 amide bonds. The summed E-state index contributed by atoms with van der Waals surface area (Å²) in [6.45, 7) is 0.